The van der Waals surface area contributed by atoms with E-state index >= 15 is 0 Å². The summed E-state index contributed by atoms with van der Waals surface area (Å²) < 4.78 is 2.87. The molecule has 0 spiro atoms. The van der Waals surface area contributed by atoms with E-state index < -0.39 is 6.04 Å². The van der Waals surface area contributed by atoms with Crippen molar-refractivity contribution in [2.45, 2.75) is 53.0 Å². The molecule has 0 saturated heterocycles. The summed E-state index contributed by atoms with van der Waals surface area (Å²) in [4.78, 5) is 32.5. The normalized spacial score (nSPS) is 17.7. The van der Waals surface area contributed by atoms with Gasteiger partial charge in [-0.25, -0.2) is 9.66 Å². The van der Waals surface area contributed by atoms with Gasteiger partial charge in [-0.3, -0.25) is 19.7 Å². The van der Waals surface area contributed by atoms with Gasteiger partial charge in [0.1, 0.15) is 16.7 Å². The smallest absolute Gasteiger partial charge is 0.271 e. The predicted octanol–water partition coefficient (Wildman–Crippen LogP) is 2.73. The fourth-order valence-electron chi connectivity index (χ4n) is 3.60. The number of amides is 1. The molecule has 142 valence electrons. The lowest BCUT2D eigenvalue weighted by Gasteiger charge is -2.18. The van der Waals surface area contributed by atoms with Crippen molar-refractivity contribution in [2.24, 2.45) is 5.92 Å². The van der Waals surface area contributed by atoms with Crippen molar-refractivity contribution in [2.75, 3.05) is 5.43 Å². The van der Waals surface area contributed by atoms with E-state index in [1.54, 1.807) is 36.1 Å². The molecule has 0 aliphatic heterocycles. The van der Waals surface area contributed by atoms with Crippen LogP contribution in [0.3, 0.4) is 0 Å². The van der Waals surface area contributed by atoms with E-state index in [0.29, 0.717) is 17.1 Å². The van der Waals surface area contributed by atoms with Gasteiger partial charge in [0.05, 0.1) is 11.1 Å². The van der Waals surface area contributed by atoms with E-state index in [-0.39, 0.29) is 11.5 Å². The van der Waals surface area contributed by atoms with E-state index in [4.69, 9.17) is 0 Å². The van der Waals surface area contributed by atoms with Crippen molar-refractivity contribution < 1.29 is 4.79 Å². The molecular weight excluding hydrogens is 362 g/mol. The van der Waals surface area contributed by atoms with Crippen molar-refractivity contribution in [3.63, 3.8) is 0 Å². The average Bonchev–Trinajstić information content (AvgIpc) is 3.20. The Morgan fingerprint density at radius 1 is 1.41 bits per heavy atom. The molecule has 3 aromatic heterocycles. The first-order chi connectivity index (χ1) is 12.8. The molecule has 7 nitrogen and oxygen atoms in total. The zero-order valence-electron chi connectivity index (χ0n) is 15.9. The van der Waals surface area contributed by atoms with Crippen LogP contribution >= 0.6 is 11.3 Å². The lowest BCUT2D eigenvalue weighted by molar-refractivity contribution is -0.120. The van der Waals surface area contributed by atoms with E-state index in [1.807, 2.05) is 13.0 Å². The maximum absolute atomic E-state index is 13.2. The summed E-state index contributed by atoms with van der Waals surface area (Å²) >= 11 is 1.61. The first kappa shape index (κ1) is 17.9. The molecule has 4 rings (SSSR count). The molecule has 0 radical (unpaired) electrons. The Labute approximate surface area is 161 Å². The Morgan fingerprint density at radius 2 is 2.19 bits per heavy atom. The lowest BCUT2D eigenvalue weighted by Crippen LogP contribution is -2.38. The summed E-state index contributed by atoms with van der Waals surface area (Å²) in [5.74, 6) is 0.811. The van der Waals surface area contributed by atoms with Crippen LogP contribution in [-0.2, 0) is 17.6 Å². The number of thiophene rings is 1. The number of hydrogen-bond acceptors (Lipinski definition) is 5. The minimum Gasteiger partial charge on any atom is -0.271 e. The zero-order chi connectivity index (χ0) is 19.3. The maximum atomic E-state index is 13.2. The summed E-state index contributed by atoms with van der Waals surface area (Å²) in [6, 6.07) is 1.31. The molecule has 27 heavy (non-hydrogen) atoms. The Balaban J connectivity index is 1.71. The fraction of sp³-hybridized carbons (Fsp3) is 0.474. The number of rotatable bonds is 3. The van der Waals surface area contributed by atoms with Crippen LogP contribution in [-0.4, -0.2) is 25.3 Å². The fourth-order valence-corrected chi connectivity index (χ4v) is 5.01. The quantitative estimate of drug-likeness (QED) is 0.752. The van der Waals surface area contributed by atoms with Gasteiger partial charge in [0.25, 0.3) is 11.5 Å². The van der Waals surface area contributed by atoms with Gasteiger partial charge in [-0.15, -0.1) is 11.3 Å². The number of aromatic nitrogens is 4. The number of carbonyl (C=O) groups excluding carboxylic acids is 1. The number of nitrogens with one attached hydrogen (secondary N) is 1. The van der Waals surface area contributed by atoms with Gasteiger partial charge in [0.2, 0.25) is 0 Å². The van der Waals surface area contributed by atoms with Gasteiger partial charge < -0.3 is 0 Å². The first-order valence-electron chi connectivity index (χ1n) is 9.21. The minimum atomic E-state index is -0.530. The number of hydrogen-bond donors (Lipinski definition) is 1. The highest BCUT2D eigenvalue weighted by Crippen LogP contribution is 2.35. The van der Waals surface area contributed by atoms with Crippen LogP contribution in [0.1, 0.15) is 48.3 Å². The molecule has 1 amide bonds. The van der Waals surface area contributed by atoms with E-state index in [2.05, 4.69) is 22.4 Å². The predicted molar refractivity (Wildman–Crippen MR) is 106 cm³/mol. The van der Waals surface area contributed by atoms with Gasteiger partial charge >= 0.3 is 0 Å². The van der Waals surface area contributed by atoms with Crippen LogP contribution in [0.4, 0.5) is 0 Å². The van der Waals surface area contributed by atoms with Gasteiger partial charge in [-0.1, -0.05) is 6.92 Å². The van der Waals surface area contributed by atoms with Gasteiger partial charge in [0, 0.05) is 11.1 Å². The Morgan fingerprint density at radius 3 is 2.89 bits per heavy atom. The Hall–Kier alpha value is -2.48. The molecule has 8 heteroatoms. The molecule has 2 atom stereocenters. The molecule has 2 unspecified atom stereocenters. The molecule has 1 N–H and O–H groups in total. The molecule has 3 heterocycles. The first-order valence-corrected chi connectivity index (χ1v) is 10.0. The van der Waals surface area contributed by atoms with Crippen LogP contribution in [0.15, 0.2) is 17.1 Å². The molecule has 0 fully saturated rings. The minimum absolute atomic E-state index is 0.193. The molecular formula is C19H23N5O2S. The van der Waals surface area contributed by atoms with Crippen LogP contribution in [0.25, 0.3) is 10.2 Å². The molecule has 1 aliphatic rings. The third-order valence-corrected chi connectivity index (χ3v) is 6.39. The average molecular weight is 385 g/mol. The highest BCUT2D eigenvalue weighted by molar-refractivity contribution is 7.18. The number of fused-ring (bicyclic) bond motifs is 3. The Bertz CT molecular complexity index is 1090. The monoisotopic (exact) mass is 385 g/mol. The second-order valence-corrected chi connectivity index (χ2v) is 8.50. The van der Waals surface area contributed by atoms with Crippen molar-refractivity contribution in [1.82, 2.24) is 19.4 Å². The second kappa shape index (κ2) is 6.60. The van der Waals surface area contributed by atoms with Crippen molar-refractivity contribution >= 4 is 27.5 Å². The standard InChI is InChI=1S/C19H23N5O2S/c1-10-5-6-14-15(9-10)27-18-16(14)19(26)24(13(4)20-18)22-17(25)12(3)23-8-7-11(2)21-23/h7-8,10,12H,5-6,9H2,1-4H3,(H,22,25). The zero-order valence-corrected chi connectivity index (χ0v) is 16.8. The molecule has 3 aromatic rings. The number of aryl methyl sites for hydroxylation is 3. The second-order valence-electron chi connectivity index (χ2n) is 7.42. The molecule has 1 aliphatic carbocycles. The highest BCUT2D eigenvalue weighted by atomic mass is 32.1. The van der Waals surface area contributed by atoms with E-state index in [0.717, 1.165) is 35.4 Å². The summed E-state index contributed by atoms with van der Waals surface area (Å²) in [5, 5.41) is 4.94. The van der Waals surface area contributed by atoms with E-state index in [1.165, 1.54) is 9.55 Å². The molecule has 0 aromatic carbocycles. The SMILES string of the molecule is Cc1ccn(C(C)C(=O)Nn2c(C)nc3sc4c(c3c2=O)CCC(C)C4)n1. The van der Waals surface area contributed by atoms with Crippen LogP contribution in [0, 0.1) is 19.8 Å². The van der Waals surface area contributed by atoms with Gasteiger partial charge in [0.15, 0.2) is 0 Å². The lowest BCUT2D eigenvalue weighted by atomic mass is 9.89. The summed E-state index contributed by atoms with van der Waals surface area (Å²) in [5.41, 5.74) is 4.49. The van der Waals surface area contributed by atoms with Crippen LogP contribution in [0.5, 0.6) is 0 Å². The van der Waals surface area contributed by atoms with Gasteiger partial charge in [-0.2, -0.15) is 5.10 Å². The van der Waals surface area contributed by atoms with Crippen LogP contribution < -0.4 is 11.0 Å². The number of carbonyl (C=O) groups is 1. The highest BCUT2D eigenvalue weighted by Gasteiger charge is 2.25. The van der Waals surface area contributed by atoms with E-state index in [9.17, 15) is 9.59 Å². The molecule has 0 saturated carbocycles. The van der Waals surface area contributed by atoms with Crippen molar-refractivity contribution in [3.8, 4) is 0 Å². The van der Waals surface area contributed by atoms with Crippen molar-refractivity contribution in [1.29, 1.82) is 0 Å². The van der Waals surface area contributed by atoms with Gasteiger partial charge in [-0.05, 0) is 57.6 Å². The maximum Gasteiger partial charge on any atom is 0.281 e. The van der Waals surface area contributed by atoms with Crippen molar-refractivity contribution in [3.05, 3.63) is 44.6 Å². The van der Waals surface area contributed by atoms with Crippen LogP contribution in [0.2, 0.25) is 0 Å². The summed E-state index contributed by atoms with van der Waals surface area (Å²) in [7, 11) is 0. The third-order valence-electron chi connectivity index (χ3n) is 5.24. The summed E-state index contributed by atoms with van der Waals surface area (Å²) in [6.45, 7) is 7.60. The topological polar surface area (TPSA) is 81.8 Å². The third kappa shape index (κ3) is 3.07. The number of nitrogens with zero attached hydrogens (tertiary/aromatic N) is 4. The largest absolute Gasteiger partial charge is 0.281 e. The summed E-state index contributed by atoms with van der Waals surface area (Å²) in [6.07, 6.45) is 4.73. The molecule has 0 bridgehead atoms. The Kier molecular flexibility index (Phi) is 4.38.